The molecule has 0 aromatic carbocycles. The molecule has 0 spiro atoms. The summed E-state index contributed by atoms with van der Waals surface area (Å²) < 4.78 is 20.9. The highest BCUT2D eigenvalue weighted by molar-refractivity contribution is 8.13. The molecule has 3 nitrogen and oxygen atoms in total. The molecule has 0 atom stereocenters. The average molecular weight is 196 g/mol. The van der Waals surface area contributed by atoms with Gasteiger partial charge in [0.15, 0.2) is 0 Å². The van der Waals surface area contributed by atoms with Gasteiger partial charge in [-0.3, -0.25) is 0 Å². The molecule has 0 aliphatic rings. The van der Waals surface area contributed by atoms with Gasteiger partial charge in [0.05, 0.1) is 17.2 Å². The molecule has 0 bridgehead atoms. The second-order valence-electron chi connectivity index (χ2n) is 2.99. The minimum atomic E-state index is -3.45. The molecule has 11 heavy (non-hydrogen) atoms. The van der Waals surface area contributed by atoms with Crippen LogP contribution in [0.4, 0.5) is 0 Å². The fourth-order valence-corrected chi connectivity index (χ4v) is 1.42. The summed E-state index contributed by atoms with van der Waals surface area (Å²) in [5.41, 5.74) is -0.609. The molecule has 0 saturated heterocycles. The van der Waals surface area contributed by atoms with E-state index in [4.69, 9.17) is 15.9 Å². The highest BCUT2D eigenvalue weighted by atomic mass is 35.7. The largest absolute Gasteiger partial charge is 0.232 e. The Kier molecular flexibility index (Phi) is 3.33. The number of nitriles is 1. The first kappa shape index (κ1) is 10.7. The Morgan fingerprint density at radius 1 is 1.55 bits per heavy atom. The van der Waals surface area contributed by atoms with Crippen LogP contribution in [-0.2, 0) is 9.05 Å². The molecule has 0 fully saturated rings. The maximum atomic E-state index is 10.4. The van der Waals surface area contributed by atoms with Crippen molar-refractivity contribution in [1.29, 1.82) is 5.26 Å². The van der Waals surface area contributed by atoms with E-state index in [2.05, 4.69) is 0 Å². The number of rotatable bonds is 3. The van der Waals surface area contributed by atoms with Crippen LogP contribution >= 0.6 is 10.7 Å². The molecule has 0 aliphatic carbocycles. The van der Waals surface area contributed by atoms with E-state index in [1.165, 1.54) is 0 Å². The summed E-state index contributed by atoms with van der Waals surface area (Å²) in [5.74, 6) is -0.144. The van der Waals surface area contributed by atoms with Crippen LogP contribution in [0, 0.1) is 16.7 Å². The van der Waals surface area contributed by atoms with Crippen LogP contribution in [0.1, 0.15) is 20.3 Å². The molecule has 0 aromatic rings. The van der Waals surface area contributed by atoms with Crippen molar-refractivity contribution in [2.24, 2.45) is 5.41 Å². The molecule has 5 heteroatoms. The summed E-state index contributed by atoms with van der Waals surface area (Å²) >= 11 is 0. The normalized spacial score (nSPS) is 12.5. The van der Waals surface area contributed by atoms with Crippen LogP contribution in [0.25, 0.3) is 0 Å². The fourth-order valence-electron chi connectivity index (χ4n) is 0.433. The molecule has 0 aliphatic heterocycles. The maximum Gasteiger partial charge on any atom is 0.232 e. The number of hydrogen-bond acceptors (Lipinski definition) is 3. The van der Waals surface area contributed by atoms with Gasteiger partial charge in [0.1, 0.15) is 0 Å². The first-order valence-corrected chi connectivity index (χ1v) is 5.58. The van der Waals surface area contributed by atoms with Gasteiger partial charge in [-0.1, -0.05) is 0 Å². The lowest BCUT2D eigenvalue weighted by Crippen LogP contribution is -2.12. The van der Waals surface area contributed by atoms with Gasteiger partial charge in [0.2, 0.25) is 9.05 Å². The summed E-state index contributed by atoms with van der Waals surface area (Å²) in [6.07, 6.45) is 0.273. The molecule has 0 radical (unpaired) electrons. The molecule has 0 heterocycles. The van der Waals surface area contributed by atoms with Crippen LogP contribution in [0.3, 0.4) is 0 Å². The average Bonchev–Trinajstić information content (AvgIpc) is 1.83. The summed E-state index contributed by atoms with van der Waals surface area (Å²) in [5, 5.41) is 8.50. The lowest BCUT2D eigenvalue weighted by Gasteiger charge is -2.12. The number of halogens is 1. The van der Waals surface area contributed by atoms with Crippen molar-refractivity contribution in [3.8, 4) is 6.07 Å². The summed E-state index contributed by atoms with van der Waals surface area (Å²) in [6, 6.07) is 1.99. The molecular weight excluding hydrogens is 186 g/mol. The predicted octanol–water partition coefficient (Wildman–Crippen LogP) is 1.49. The molecule has 0 amide bonds. The molecule has 0 rings (SSSR count). The molecule has 64 valence electrons. The van der Waals surface area contributed by atoms with Crippen LogP contribution in [-0.4, -0.2) is 14.2 Å². The first-order chi connectivity index (χ1) is 4.77. The van der Waals surface area contributed by atoms with Gasteiger partial charge < -0.3 is 0 Å². The zero-order chi connectivity index (χ0) is 9.12. The van der Waals surface area contributed by atoms with E-state index in [1.807, 2.05) is 6.07 Å². The standard InChI is InChI=1S/C6H10ClNO2S/c1-6(2,5-8)3-4-11(7,9)10/h3-4H2,1-2H3. The van der Waals surface area contributed by atoms with Crippen LogP contribution in [0.2, 0.25) is 0 Å². The van der Waals surface area contributed by atoms with E-state index in [9.17, 15) is 8.42 Å². The van der Waals surface area contributed by atoms with Gasteiger partial charge in [0, 0.05) is 10.7 Å². The van der Waals surface area contributed by atoms with Crippen LogP contribution in [0.5, 0.6) is 0 Å². The molecule has 0 N–H and O–H groups in total. The fraction of sp³-hybridized carbons (Fsp3) is 0.833. The van der Waals surface area contributed by atoms with Crippen molar-refractivity contribution in [2.45, 2.75) is 20.3 Å². The SMILES string of the molecule is CC(C)(C#N)CCS(=O)(=O)Cl. The van der Waals surface area contributed by atoms with Crippen molar-refractivity contribution in [3.63, 3.8) is 0 Å². The van der Waals surface area contributed by atoms with Gasteiger partial charge in [-0.2, -0.15) is 5.26 Å². The highest BCUT2D eigenvalue weighted by Crippen LogP contribution is 2.20. The number of hydrogen-bond donors (Lipinski definition) is 0. The van der Waals surface area contributed by atoms with Gasteiger partial charge in [-0.25, -0.2) is 8.42 Å². The van der Waals surface area contributed by atoms with Crippen molar-refractivity contribution in [3.05, 3.63) is 0 Å². The minimum absolute atomic E-state index is 0.144. The lowest BCUT2D eigenvalue weighted by atomic mass is 9.93. The summed E-state index contributed by atoms with van der Waals surface area (Å²) in [7, 11) is 1.51. The third kappa shape index (κ3) is 6.14. The predicted molar refractivity (Wildman–Crippen MR) is 43.7 cm³/mol. The van der Waals surface area contributed by atoms with Crippen LogP contribution < -0.4 is 0 Å². The smallest absolute Gasteiger partial charge is 0.212 e. The molecule has 0 aromatic heterocycles. The topological polar surface area (TPSA) is 57.9 Å². The third-order valence-electron chi connectivity index (χ3n) is 1.27. The monoisotopic (exact) mass is 195 g/mol. The Balaban J connectivity index is 4.03. The van der Waals surface area contributed by atoms with Gasteiger partial charge in [-0.05, 0) is 20.3 Å². The Bertz CT molecular complexity index is 263. The van der Waals surface area contributed by atoms with E-state index in [-0.39, 0.29) is 12.2 Å². The molecule has 0 saturated carbocycles. The third-order valence-corrected chi connectivity index (χ3v) is 2.43. The van der Waals surface area contributed by atoms with Crippen molar-refractivity contribution in [2.75, 3.05) is 5.75 Å². The van der Waals surface area contributed by atoms with Crippen molar-refractivity contribution < 1.29 is 8.42 Å². The Hall–Kier alpha value is -0.270. The zero-order valence-electron chi connectivity index (χ0n) is 6.46. The zero-order valence-corrected chi connectivity index (χ0v) is 8.04. The van der Waals surface area contributed by atoms with Gasteiger partial charge in [0.25, 0.3) is 0 Å². The quantitative estimate of drug-likeness (QED) is 0.642. The minimum Gasteiger partial charge on any atom is -0.212 e. The highest BCUT2D eigenvalue weighted by Gasteiger charge is 2.19. The van der Waals surface area contributed by atoms with E-state index in [0.717, 1.165) is 0 Å². The first-order valence-electron chi connectivity index (χ1n) is 3.10. The molecule has 0 unspecified atom stereocenters. The van der Waals surface area contributed by atoms with Gasteiger partial charge >= 0.3 is 0 Å². The Morgan fingerprint density at radius 2 is 2.00 bits per heavy atom. The van der Waals surface area contributed by atoms with E-state index in [1.54, 1.807) is 13.8 Å². The van der Waals surface area contributed by atoms with Crippen LogP contribution in [0.15, 0.2) is 0 Å². The lowest BCUT2D eigenvalue weighted by molar-refractivity contribution is 0.475. The van der Waals surface area contributed by atoms with E-state index in [0.29, 0.717) is 0 Å². The second-order valence-corrected chi connectivity index (χ2v) is 5.89. The Labute approximate surface area is 71.4 Å². The van der Waals surface area contributed by atoms with Gasteiger partial charge in [-0.15, -0.1) is 0 Å². The van der Waals surface area contributed by atoms with Crippen molar-refractivity contribution in [1.82, 2.24) is 0 Å². The Morgan fingerprint density at radius 3 is 2.27 bits per heavy atom. The van der Waals surface area contributed by atoms with E-state index >= 15 is 0 Å². The van der Waals surface area contributed by atoms with Crippen molar-refractivity contribution >= 4 is 19.7 Å². The number of nitrogens with zero attached hydrogens (tertiary/aromatic N) is 1. The summed E-state index contributed by atoms with van der Waals surface area (Å²) in [4.78, 5) is 0. The maximum absolute atomic E-state index is 10.4. The summed E-state index contributed by atoms with van der Waals surface area (Å²) in [6.45, 7) is 3.35. The second kappa shape index (κ2) is 3.42. The van der Waals surface area contributed by atoms with E-state index < -0.39 is 14.5 Å². The molecular formula is C6H10ClNO2S.